The first-order chi connectivity index (χ1) is 6.76. The van der Waals surface area contributed by atoms with Crippen LogP contribution >= 0.6 is 0 Å². The Hall–Kier alpha value is -0.410. The summed E-state index contributed by atoms with van der Waals surface area (Å²) >= 11 is 0. The average Bonchev–Trinajstić information content (AvgIpc) is 2.79. The predicted molar refractivity (Wildman–Crippen MR) is 56.4 cm³/mol. The summed E-state index contributed by atoms with van der Waals surface area (Å²) < 4.78 is 5.34. The number of nitrogens with one attached hydrogen (secondary N) is 1. The van der Waals surface area contributed by atoms with Crippen LogP contribution in [0.3, 0.4) is 0 Å². The number of hydrogen-bond donors (Lipinski definition) is 1. The molecule has 1 aliphatic carbocycles. The van der Waals surface area contributed by atoms with Crippen LogP contribution in [0.4, 0.5) is 0 Å². The zero-order valence-corrected chi connectivity index (χ0v) is 9.21. The Balaban J connectivity index is 0.000000293. The molecule has 1 saturated carbocycles. The van der Waals surface area contributed by atoms with Crippen LogP contribution in [0, 0.1) is 0 Å². The van der Waals surface area contributed by atoms with E-state index in [2.05, 4.69) is 5.32 Å². The first-order valence-electron chi connectivity index (χ1n) is 5.44. The molecular weight excluding hydrogens is 178 g/mol. The summed E-state index contributed by atoms with van der Waals surface area (Å²) in [5, 5.41) is 3.61. The highest BCUT2D eigenvalue weighted by molar-refractivity contribution is 5.44. The van der Waals surface area contributed by atoms with Crippen LogP contribution in [0.1, 0.15) is 39.0 Å². The molecule has 1 heterocycles. The Morgan fingerprint density at radius 1 is 1.43 bits per heavy atom. The van der Waals surface area contributed by atoms with E-state index in [1.807, 2.05) is 7.11 Å². The smallest absolute Gasteiger partial charge is 0.116 e. The second-order valence-corrected chi connectivity index (χ2v) is 4.17. The van der Waals surface area contributed by atoms with E-state index in [9.17, 15) is 0 Å². The maximum absolute atomic E-state index is 8.81. The predicted octanol–water partition coefficient (Wildman–Crippen LogP) is 1.51. The molecule has 0 aromatic rings. The summed E-state index contributed by atoms with van der Waals surface area (Å²) in [5.74, 6) is 0. The molecule has 3 heteroatoms. The molecule has 2 aliphatic rings. The molecule has 0 amide bonds. The quantitative estimate of drug-likeness (QED) is 0.651. The maximum atomic E-state index is 8.81. The van der Waals surface area contributed by atoms with E-state index in [0.717, 1.165) is 12.8 Å². The van der Waals surface area contributed by atoms with Gasteiger partial charge in [-0.05, 0) is 26.2 Å². The minimum atomic E-state index is 0.480. The normalized spacial score (nSPS) is 28.6. The van der Waals surface area contributed by atoms with Gasteiger partial charge in [0.15, 0.2) is 0 Å². The number of methoxy groups -OCH3 is 1. The monoisotopic (exact) mass is 199 g/mol. The van der Waals surface area contributed by atoms with E-state index < -0.39 is 0 Å². The van der Waals surface area contributed by atoms with Crippen molar-refractivity contribution in [1.82, 2.24) is 5.32 Å². The molecule has 1 N–H and O–H groups in total. The van der Waals surface area contributed by atoms with Crippen LogP contribution in [0.25, 0.3) is 0 Å². The van der Waals surface area contributed by atoms with E-state index in [0.29, 0.717) is 11.6 Å². The van der Waals surface area contributed by atoms with Crippen molar-refractivity contribution in [3.63, 3.8) is 0 Å². The van der Waals surface area contributed by atoms with Crippen molar-refractivity contribution in [2.75, 3.05) is 13.7 Å². The van der Waals surface area contributed by atoms with Crippen molar-refractivity contribution in [1.29, 1.82) is 0 Å². The molecule has 82 valence electrons. The highest BCUT2D eigenvalue weighted by Gasteiger charge is 2.40. The Morgan fingerprint density at radius 2 is 2.00 bits per heavy atom. The molecule has 14 heavy (non-hydrogen) atoms. The number of aldehydes is 1. The fraction of sp³-hybridized carbons (Fsp3) is 0.909. The largest absolute Gasteiger partial charge is 0.380 e. The van der Waals surface area contributed by atoms with Gasteiger partial charge >= 0.3 is 0 Å². The Bertz CT molecular complexity index is 176. The first kappa shape index (κ1) is 11.7. The van der Waals surface area contributed by atoms with Crippen molar-refractivity contribution < 1.29 is 9.53 Å². The van der Waals surface area contributed by atoms with Gasteiger partial charge in [-0.15, -0.1) is 0 Å². The van der Waals surface area contributed by atoms with Crippen LogP contribution in [-0.4, -0.2) is 31.6 Å². The van der Waals surface area contributed by atoms with Crippen molar-refractivity contribution in [2.45, 2.75) is 50.7 Å². The molecule has 0 aromatic heterocycles. The zero-order chi connectivity index (χ0) is 10.4. The van der Waals surface area contributed by atoms with E-state index >= 15 is 0 Å². The molecule has 1 atom stereocenters. The van der Waals surface area contributed by atoms with Crippen LogP contribution in [-0.2, 0) is 9.53 Å². The molecule has 2 fully saturated rings. The van der Waals surface area contributed by atoms with E-state index in [1.165, 1.54) is 39.0 Å². The highest BCUT2D eigenvalue weighted by Crippen LogP contribution is 2.37. The summed E-state index contributed by atoms with van der Waals surface area (Å²) in [6.07, 6.45) is 8.02. The van der Waals surface area contributed by atoms with Crippen molar-refractivity contribution >= 4 is 6.29 Å². The molecular formula is C11H21NO2. The number of hydrogen-bond acceptors (Lipinski definition) is 3. The molecule has 2 rings (SSSR count). The van der Waals surface area contributed by atoms with Crippen molar-refractivity contribution in [3.8, 4) is 0 Å². The molecule has 1 spiro atoms. The lowest BCUT2D eigenvalue weighted by Crippen LogP contribution is -2.35. The van der Waals surface area contributed by atoms with Gasteiger partial charge in [-0.1, -0.05) is 12.8 Å². The summed E-state index contributed by atoms with van der Waals surface area (Å²) in [6, 6.07) is 0. The van der Waals surface area contributed by atoms with Crippen LogP contribution in [0.5, 0.6) is 0 Å². The van der Waals surface area contributed by atoms with Gasteiger partial charge in [0.1, 0.15) is 6.29 Å². The van der Waals surface area contributed by atoms with Gasteiger partial charge in [0.05, 0.1) is 6.10 Å². The third kappa shape index (κ3) is 2.79. The van der Waals surface area contributed by atoms with Crippen LogP contribution in [0.15, 0.2) is 0 Å². The van der Waals surface area contributed by atoms with Gasteiger partial charge in [-0.3, -0.25) is 0 Å². The number of carbonyl (C=O) groups excluding carboxylic acids is 1. The van der Waals surface area contributed by atoms with E-state index in [-0.39, 0.29) is 0 Å². The molecule has 1 saturated heterocycles. The molecule has 0 bridgehead atoms. The van der Waals surface area contributed by atoms with Crippen LogP contribution in [0.2, 0.25) is 0 Å². The van der Waals surface area contributed by atoms with Gasteiger partial charge < -0.3 is 14.8 Å². The highest BCUT2D eigenvalue weighted by atomic mass is 16.5. The number of ether oxygens (including phenoxy) is 1. The molecule has 3 nitrogen and oxygen atoms in total. The lowest BCUT2D eigenvalue weighted by molar-refractivity contribution is -0.106. The molecule has 0 aromatic carbocycles. The van der Waals surface area contributed by atoms with Gasteiger partial charge in [0.2, 0.25) is 0 Å². The minimum Gasteiger partial charge on any atom is -0.380 e. The first-order valence-corrected chi connectivity index (χ1v) is 5.44. The number of carbonyl (C=O) groups is 1. The average molecular weight is 199 g/mol. The Kier molecular flexibility index (Phi) is 4.55. The van der Waals surface area contributed by atoms with Crippen molar-refractivity contribution in [2.24, 2.45) is 0 Å². The molecule has 0 radical (unpaired) electrons. The van der Waals surface area contributed by atoms with Crippen LogP contribution < -0.4 is 5.32 Å². The standard InChI is InChI=1S/C9H17NO.C2H4O/c1-11-8-6-9(10-7-8)4-2-3-5-9;1-2-3/h8,10H,2-7H2,1H3;2H,1H3. The van der Waals surface area contributed by atoms with Gasteiger partial charge in [-0.25, -0.2) is 0 Å². The second-order valence-electron chi connectivity index (χ2n) is 4.17. The Labute approximate surface area is 86.2 Å². The second kappa shape index (κ2) is 5.47. The van der Waals surface area contributed by atoms with Gasteiger partial charge in [0, 0.05) is 19.2 Å². The minimum absolute atomic E-state index is 0.480. The van der Waals surface area contributed by atoms with E-state index in [1.54, 1.807) is 0 Å². The summed E-state index contributed by atoms with van der Waals surface area (Å²) in [6.45, 7) is 2.51. The topological polar surface area (TPSA) is 38.3 Å². The molecule has 1 unspecified atom stereocenters. The molecule has 1 aliphatic heterocycles. The fourth-order valence-electron chi connectivity index (χ4n) is 2.51. The fourth-order valence-corrected chi connectivity index (χ4v) is 2.51. The van der Waals surface area contributed by atoms with Gasteiger partial charge in [-0.2, -0.15) is 0 Å². The van der Waals surface area contributed by atoms with Crippen molar-refractivity contribution in [3.05, 3.63) is 0 Å². The summed E-state index contributed by atoms with van der Waals surface area (Å²) in [4.78, 5) is 8.81. The van der Waals surface area contributed by atoms with E-state index in [4.69, 9.17) is 9.53 Å². The third-order valence-electron chi connectivity index (χ3n) is 3.22. The van der Waals surface area contributed by atoms with Gasteiger partial charge in [0.25, 0.3) is 0 Å². The Morgan fingerprint density at radius 3 is 2.43 bits per heavy atom. The third-order valence-corrected chi connectivity index (χ3v) is 3.22. The lowest BCUT2D eigenvalue weighted by atomic mass is 9.95. The zero-order valence-electron chi connectivity index (χ0n) is 9.21. The summed E-state index contributed by atoms with van der Waals surface area (Å²) in [7, 11) is 1.82. The lowest BCUT2D eigenvalue weighted by Gasteiger charge is -2.22. The number of rotatable bonds is 1. The SMILES string of the molecule is CC=O.COC1CNC2(CCCC2)C1. The maximum Gasteiger partial charge on any atom is 0.116 e. The summed E-state index contributed by atoms with van der Waals surface area (Å²) in [5.41, 5.74) is 0.487.